The lowest BCUT2D eigenvalue weighted by Crippen LogP contribution is -2.18. The Bertz CT molecular complexity index is 849. The van der Waals surface area contributed by atoms with Crippen LogP contribution in [0.3, 0.4) is 0 Å². The fourth-order valence-electron chi connectivity index (χ4n) is 2.54. The van der Waals surface area contributed by atoms with Crippen molar-refractivity contribution in [2.24, 2.45) is 0 Å². The van der Waals surface area contributed by atoms with Crippen LogP contribution in [0.5, 0.6) is 0 Å². The molecule has 2 aromatic carbocycles. The highest BCUT2D eigenvalue weighted by Gasteiger charge is 2.15. The van der Waals surface area contributed by atoms with E-state index in [1.54, 1.807) is 0 Å². The van der Waals surface area contributed by atoms with Crippen molar-refractivity contribution in [2.75, 3.05) is 5.32 Å². The molecule has 2 rings (SSSR count). The first-order valence-electron chi connectivity index (χ1n) is 8.41. The summed E-state index contributed by atoms with van der Waals surface area (Å²) < 4.78 is 1.01. The fraction of sp³-hybridized carbons (Fsp3) is 0.238. The van der Waals surface area contributed by atoms with Gasteiger partial charge in [-0.15, -0.1) is 0 Å². The second kappa shape index (κ2) is 9.21. The number of nitrogens with one attached hydrogen (secondary N) is 2. The molecule has 0 fully saturated rings. The van der Waals surface area contributed by atoms with Crippen LogP contribution >= 0.6 is 15.9 Å². The van der Waals surface area contributed by atoms with Crippen molar-refractivity contribution in [3.63, 3.8) is 0 Å². The van der Waals surface area contributed by atoms with Crippen LogP contribution in [0.2, 0.25) is 0 Å². The second-order valence-corrected chi connectivity index (χ2v) is 7.24. The number of hydrogen-bond donors (Lipinski definition) is 2. The van der Waals surface area contributed by atoms with Gasteiger partial charge in [-0.3, -0.25) is 4.79 Å². The summed E-state index contributed by atoms with van der Waals surface area (Å²) in [5, 5.41) is 15.3. The van der Waals surface area contributed by atoms with E-state index >= 15 is 0 Å². The van der Waals surface area contributed by atoms with E-state index in [0.29, 0.717) is 6.54 Å². The molecule has 2 N–H and O–H groups in total. The number of nitriles is 1. The molecule has 5 heteroatoms. The van der Waals surface area contributed by atoms with Crippen LogP contribution in [0.15, 0.2) is 58.7 Å². The first-order valence-corrected chi connectivity index (χ1v) is 9.20. The van der Waals surface area contributed by atoms with Gasteiger partial charge in [-0.05, 0) is 41.7 Å². The van der Waals surface area contributed by atoms with Gasteiger partial charge in [-0.25, -0.2) is 0 Å². The molecular formula is C21H22BrN3O. The standard InChI is InChI=1S/C21H22BrN3O/c1-14(2)19-6-4-5-15(3)20(19)25-21(26)17(11-23)13-24-12-16-7-9-18(22)10-8-16/h4-10,13-14,24H,12H2,1-3H3,(H,25,26)/b17-13-. The summed E-state index contributed by atoms with van der Waals surface area (Å²) in [5.41, 5.74) is 3.91. The van der Waals surface area contributed by atoms with Crippen LogP contribution in [-0.4, -0.2) is 5.91 Å². The van der Waals surface area contributed by atoms with Gasteiger partial charge in [0, 0.05) is 22.9 Å². The van der Waals surface area contributed by atoms with E-state index in [1.165, 1.54) is 6.20 Å². The van der Waals surface area contributed by atoms with Crippen LogP contribution in [0.25, 0.3) is 0 Å². The van der Waals surface area contributed by atoms with Gasteiger partial charge in [0.1, 0.15) is 11.6 Å². The van der Waals surface area contributed by atoms with Crippen molar-refractivity contribution in [3.8, 4) is 6.07 Å². The molecule has 0 saturated heterocycles. The molecule has 0 saturated carbocycles. The third kappa shape index (κ3) is 5.21. The quantitative estimate of drug-likeness (QED) is 0.518. The molecule has 0 aliphatic carbocycles. The summed E-state index contributed by atoms with van der Waals surface area (Å²) in [5.74, 6) is -0.137. The average molecular weight is 412 g/mol. The zero-order valence-electron chi connectivity index (χ0n) is 15.1. The molecule has 0 heterocycles. The first kappa shape index (κ1) is 19.7. The van der Waals surface area contributed by atoms with Gasteiger partial charge in [0.2, 0.25) is 0 Å². The normalized spacial score (nSPS) is 11.2. The number of carbonyl (C=O) groups excluding carboxylic acids is 1. The molecule has 0 unspecified atom stereocenters. The molecule has 0 bridgehead atoms. The Labute approximate surface area is 163 Å². The number of para-hydroxylation sites is 1. The number of halogens is 1. The predicted octanol–water partition coefficient (Wildman–Crippen LogP) is 5.02. The first-order chi connectivity index (χ1) is 12.4. The number of rotatable bonds is 6. The molecule has 0 aromatic heterocycles. The molecule has 0 aliphatic heterocycles. The van der Waals surface area contributed by atoms with E-state index < -0.39 is 5.91 Å². The lowest BCUT2D eigenvalue weighted by Gasteiger charge is -2.16. The van der Waals surface area contributed by atoms with Crippen molar-refractivity contribution in [1.82, 2.24) is 5.32 Å². The van der Waals surface area contributed by atoms with E-state index in [4.69, 9.17) is 0 Å². The number of amides is 1. The van der Waals surface area contributed by atoms with E-state index in [0.717, 1.165) is 26.9 Å². The summed E-state index contributed by atoms with van der Waals surface area (Å²) in [4.78, 5) is 12.5. The minimum absolute atomic E-state index is 0.0417. The van der Waals surface area contributed by atoms with Gasteiger partial charge in [0.15, 0.2) is 0 Å². The fourth-order valence-corrected chi connectivity index (χ4v) is 2.81. The smallest absolute Gasteiger partial charge is 0.267 e. The van der Waals surface area contributed by atoms with Gasteiger partial charge >= 0.3 is 0 Å². The van der Waals surface area contributed by atoms with Crippen LogP contribution in [0.4, 0.5) is 5.69 Å². The van der Waals surface area contributed by atoms with Crippen molar-refractivity contribution < 1.29 is 4.79 Å². The molecule has 2 aromatic rings. The highest BCUT2D eigenvalue weighted by atomic mass is 79.9. The highest BCUT2D eigenvalue weighted by Crippen LogP contribution is 2.27. The predicted molar refractivity (Wildman–Crippen MR) is 109 cm³/mol. The Morgan fingerprint density at radius 3 is 2.54 bits per heavy atom. The monoisotopic (exact) mass is 411 g/mol. The minimum Gasteiger partial charge on any atom is -0.386 e. The molecule has 134 valence electrons. The molecular weight excluding hydrogens is 390 g/mol. The van der Waals surface area contributed by atoms with Crippen molar-refractivity contribution in [1.29, 1.82) is 5.26 Å². The maximum atomic E-state index is 12.5. The third-order valence-electron chi connectivity index (χ3n) is 4.00. The molecule has 0 aliphatic rings. The summed E-state index contributed by atoms with van der Waals surface area (Å²) in [7, 11) is 0. The molecule has 0 radical (unpaired) electrons. The zero-order chi connectivity index (χ0) is 19.1. The van der Waals surface area contributed by atoms with E-state index in [9.17, 15) is 10.1 Å². The van der Waals surface area contributed by atoms with Gasteiger partial charge in [0.25, 0.3) is 5.91 Å². The number of hydrogen-bond acceptors (Lipinski definition) is 3. The van der Waals surface area contributed by atoms with E-state index in [1.807, 2.05) is 55.5 Å². The van der Waals surface area contributed by atoms with Gasteiger partial charge < -0.3 is 10.6 Å². The summed E-state index contributed by atoms with van der Waals surface area (Å²) in [6.45, 7) is 6.63. The van der Waals surface area contributed by atoms with E-state index in [2.05, 4.69) is 40.4 Å². The lowest BCUT2D eigenvalue weighted by molar-refractivity contribution is -0.112. The molecule has 0 atom stereocenters. The highest BCUT2D eigenvalue weighted by molar-refractivity contribution is 9.10. The lowest BCUT2D eigenvalue weighted by atomic mass is 9.98. The van der Waals surface area contributed by atoms with Gasteiger partial charge in [0.05, 0.1) is 0 Å². The molecule has 1 amide bonds. The third-order valence-corrected chi connectivity index (χ3v) is 4.53. The Kier molecular flexibility index (Phi) is 6.99. The summed E-state index contributed by atoms with van der Waals surface area (Å²) in [6, 6.07) is 15.7. The largest absolute Gasteiger partial charge is 0.386 e. The molecule has 0 spiro atoms. The maximum Gasteiger partial charge on any atom is 0.267 e. The second-order valence-electron chi connectivity index (χ2n) is 6.33. The van der Waals surface area contributed by atoms with E-state index in [-0.39, 0.29) is 11.5 Å². The number of aryl methyl sites for hydroxylation is 1. The number of carbonyl (C=O) groups is 1. The zero-order valence-corrected chi connectivity index (χ0v) is 16.7. The van der Waals surface area contributed by atoms with Gasteiger partial charge in [-0.2, -0.15) is 5.26 Å². The van der Waals surface area contributed by atoms with Crippen LogP contribution in [0, 0.1) is 18.3 Å². The van der Waals surface area contributed by atoms with Crippen LogP contribution < -0.4 is 10.6 Å². The topological polar surface area (TPSA) is 64.9 Å². The average Bonchev–Trinajstić information content (AvgIpc) is 2.61. The summed E-state index contributed by atoms with van der Waals surface area (Å²) in [6.07, 6.45) is 1.46. The Balaban J connectivity index is 2.09. The number of nitrogens with zero attached hydrogens (tertiary/aromatic N) is 1. The number of benzene rings is 2. The SMILES string of the molecule is Cc1cccc(C(C)C)c1NC(=O)/C(C#N)=C\NCc1ccc(Br)cc1. The molecule has 4 nitrogen and oxygen atoms in total. The van der Waals surface area contributed by atoms with Gasteiger partial charge in [-0.1, -0.05) is 60.1 Å². The Morgan fingerprint density at radius 2 is 1.92 bits per heavy atom. The van der Waals surface area contributed by atoms with Crippen molar-refractivity contribution in [2.45, 2.75) is 33.2 Å². The minimum atomic E-state index is -0.410. The van der Waals surface area contributed by atoms with Crippen molar-refractivity contribution >= 4 is 27.5 Å². The Morgan fingerprint density at radius 1 is 1.23 bits per heavy atom. The molecule has 26 heavy (non-hydrogen) atoms. The number of anilines is 1. The maximum absolute atomic E-state index is 12.5. The van der Waals surface area contributed by atoms with Crippen molar-refractivity contribution in [3.05, 3.63) is 75.4 Å². The Hall–Kier alpha value is -2.58. The van der Waals surface area contributed by atoms with Crippen LogP contribution in [0.1, 0.15) is 36.5 Å². The summed E-state index contributed by atoms with van der Waals surface area (Å²) >= 11 is 3.39. The van der Waals surface area contributed by atoms with Crippen LogP contribution in [-0.2, 0) is 11.3 Å².